The monoisotopic (exact) mass is 227 g/mol. The van der Waals surface area contributed by atoms with Crippen LogP contribution in [0.25, 0.3) is 21.8 Å². The maximum absolute atomic E-state index is 12.2. The molecule has 4 nitrogen and oxygen atoms in total. The van der Waals surface area contributed by atoms with E-state index in [0.717, 1.165) is 0 Å². The van der Waals surface area contributed by atoms with E-state index in [9.17, 15) is 15.0 Å². The Morgan fingerprint density at radius 1 is 1.00 bits per heavy atom. The number of H-pyrrole nitrogens is 1. The van der Waals surface area contributed by atoms with E-state index in [1.165, 1.54) is 24.3 Å². The summed E-state index contributed by atoms with van der Waals surface area (Å²) in [7, 11) is 0. The fraction of sp³-hybridized carbons (Fsp3) is 0. The summed E-state index contributed by atoms with van der Waals surface area (Å²) in [6, 6.07) is 9.31. The van der Waals surface area contributed by atoms with E-state index in [-0.39, 0.29) is 22.3 Å². The number of fused-ring (bicyclic) bond motifs is 2. The van der Waals surface area contributed by atoms with Crippen molar-refractivity contribution >= 4 is 21.8 Å². The first-order chi connectivity index (χ1) is 8.16. The minimum atomic E-state index is -0.244. The summed E-state index contributed by atoms with van der Waals surface area (Å²) in [4.78, 5) is 15.2. The molecule has 0 aliphatic carbocycles. The highest BCUT2D eigenvalue weighted by atomic mass is 16.3. The number of rotatable bonds is 0. The van der Waals surface area contributed by atoms with Crippen molar-refractivity contribution < 1.29 is 10.2 Å². The third-order valence-corrected chi connectivity index (χ3v) is 2.79. The van der Waals surface area contributed by atoms with Gasteiger partial charge in [-0.3, -0.25) is 4.79 Å². The number of aromatic amines is 1. The lowest BCUT2D eigenvalue weighted by Gasteiger charge is -2.04. The van der Waals surface area contributed by atoms with Crippen molar-refractivity contribution in [2.45, 2.75) is 0 Å². The third-order valence-electron chi connectivity index (χ3n) is 2.79. The standard InChI is InChI=1S/C13H9NO3/c15-7-4-5-8-10(6-7)14-9-2-1-3-11(16)12(9)13(8)17/h1-6,15-16H,(H,14,17). The van der Waals surface area contributed by atoms with Crippen molar-refractivity contribution in [1.29, 1.82) is 0 Å². The van der Waals surface area contributed by atoms with Gasteiger partial charge in [0.15, 0.2) is 0 Å². The van der Waals surface area contributed by atoms with Crippen molar-refractivity contribution in [3.8, 4) is 11.5 Å². The lowest BCUT2D eigenvalue weighted by Crippen LogP contribution is -2.04. The molecule has 0 bridgehead atoms. The summed E-state index contributed by atoms with van der Waals surface area (Å²) in [5.41, 5.74) is 0.855. The Balaban J connectivity index is 2.62. The number of hydrogen-bond donors (Lipinski definition) is 3. The number of phenols is 2. The summed E-state index contributed by atoms with van der Waals surface area (Å²) in [5.74, 6) is 0.0476. The molecule has 0 saturated carbocycles. The van der Waals surface area contributed by atoms with Crippen LogP contribution in [0.4, 0.5) is 0 Å². The van der Waals surface area contributed by atoms with Gasteiger partial charge in [-0.05, 0) is 24.3 Å². The first-order valence-electron chi connectivity index (χ1n) is 5.13. The van der Waals surface area contributed by atoms with Crippen LogP contribution < -0.4 is 5.43 Å². The normalized spacial score (nSPS) is 11.1. The second-order valence-corrected chi connectivity index (χ2v) is 3.88. The molecule has 0 saturated heterocycles. The minimum absolute atomic E-state index is 0.0428. The molecule has 17 heavy (non-hydrogen) atoms. The van der Waals surface area contributed by atoms with Gasteiger partial charge in [0.1, 0.15) is 11.5 Å². The Labute approximate surface area is 95.8 Å². The molecule has 0 aliphatic heterocycles. The largest absolute Gasteiger partial charge is 0.508 e. The second-order valence-electron chi connectivity index (χ2n) is 3.88. The van der Waals surface area contributed by atoms with Crippen LogP contribution in [0.15, 0.2) is 41.2 Å². The average molecular weight is 227 g/mol. The maximum Gasteiger partial charge on any atom is 0.200 e. The topological polar surface area (TPSA) is 73.3 Å². The van der Waals surface area contributed by atoms with Gasteiger partial charge in [0.25, 0.3) is 0 Å². The summed E-state index contributed by atoms with van der Waals surface area (Å²) in [6.45, 7) is 0. The summed E-state index contributed by atoms with van der Waals surface area (Å²) in [6.07, 6.45) is 0. The molecule has 0 amide bonds. The zero-order chi connectivity index (χ0) is 12.0. The van der Waals surface area contributed by atoms with Gasteiger partial charge in [0.2, 0.25) is 5.43 Å². The zero-order valence-electron chi connectivity index (χ0n) is 8.77. The van der Waals surface area contributed by atoms with Gasteiger partial charge in [-0.25, -0.2) is 0 Å². The Morgan fingerprint density at radius 3 is 2.65 bits per heavy atom. The first kappa shape index (κ1) is 9.72. The smallest absolute Gasteiger partial charge is 0.200 e. The molecule has 0 aliphatic rings. The van der Waals surface area contributed by atoms with E-state index >= 15 is 0 Å². The van der Waals surface area contributed by atoms with E-state index in [1.54, 1.807) is 12.1 Å². The highest BCUT2D eigenvalue weighted by Crippen LogP contribution is 2.23. The fourth-order valence-corrected chi connectivity index (χ4v) is 2.00. The molecule has 0 radical (unpaired) electrons. The van der Waals surface area contributed by atoms with Crippen molar-refractivity contribution in [2.75, 3.05) is 0 Å². The molecule has 3 aromatic rings. The van der Waals surface area contributed by atoms with E-state index in [1.807, 2.05) is 0 Å². The van der Waals surface area contributed by atoms with Crippen LogP contribution >= 0.6 is 0 Å². The van der Waals surface area contributed by atoms with Crippen LogP contribution in [0.5, 0.6) is 11.5 Å². The van der Waals surface area contributed by atoms with Gasteiger partial charge in [-0.1, -0.05) is 6.07 Å². The van der Waals surface area contributed by atoms with Crippen molar-refractivity contribution in [3.63, 3.8) is 0 Å². The van der Waals surface area contributed by atoms with Crippen molar-refractivity contribution in [1.82, 2.24) is 4.98 Å². The van der Waals surface area contributed by atoms with Crippen molar-refractivity contribution in [2.24, 2.45) is 0 Å². The van der Waals surface area contributed by atoms with Crippen LogP contribution in [0, 0.1) is 0 Å². The van der Waals surface area contributed by atoms with Gasteiger partial charge in [0, 0.05) is 11.5 Å². The maximum atomic E-state index is 12.2. The number of nitrogens with one attached hydrogen (secondary N) is 1. The summed E-state index contributed by atoms with van der Waals surface area (Å²) < 4.78 is 0. The molecule has 0 fully saturated rings. The molecule has 3 rings (SSSR count). The van der Waals surface area contributed by atoms with Crippen LogP contribution in [-0.2, 0) is 0 Å². The molecule has 1 heterocycles. The predicted octanol–water partition coefficient (Wildman–Crippen LogP) is 2.09. The fourth-order valence-electron chi connectivity index (χ4n) is 2.00. The zero-order valence-corrected chi connectivity index (χ0v) is 8.77. The third kappa shape index (κ3) is 1.34. The first-order valence-corrected chi connectivity index (χ1v) is 5.13. The molecule has 2 aromatic carbocycles. The molecule has 0 atom stereocenters. The molecule has 84 valence electrons. The highest BCUT2D eigenvalue weighted by Gasteiger charge is 2.08. The Bertz CT molecular complexity index is 789. The number of pyridine rings is 1. The highest BCUT2D eigenvalue weighted by molar-refractivity contribution is 5.95. The van der Waals surface area contributed by atoms with Gasteiger partial charge in [0.05, 0.1) is 16.4 Å². The summed E-state index contributed by atoms with van der Waals surface area (Å²) in [5, 5.41) is 19.8. The van der Waals surface area contributed by atoms with Crippen LogP contribution in [0.1, 0.15) is 0 Å². The van der Waals surface area contributed by atoms with E-state index in [2.05, 4.69) is 4.98 Å². The number of aromatic hydroxyl groups is 2. The number of phenolic OH excluding ortho intramolecular Hbond substituents is 2. The molecule has 0 spiro atoms. The van der Waals surface area contributed by atoms with Gasteiger partial charge in [-0.2, -0.15) is 0 Å². The van der Waals surface area contributed by atoms with Crippen molar-refractivity contribution in [3.05, 3.63) is 46.6 Å². The Kier molecular flexibility index (Phi) is 1.86. The summed E-state index contributed by atoms with van der Waals surface area (Å²) >= 11 is 0. The Hall–Kier alpha value is -2.49. The number of benzene rings is 2. The van der Waals surface area contributed by atoms with Gasteiger partial charge < -0.3 is 15.2 Å². The number of hydrogen-bond acceptors (Lipinski definition) is 3. The van der Waals surface area contributed by atoms with Gasteiger partial charge in [-0.15, -0.1) is 0 Å². The van der Waals surface area contributed by atoms with Gasteiger partial charge >= 0.3 is 0 Å². The van der Waals surface area contributed by atoms with Crippen LogP contribution in [-0.4, -0.2) is 15.2 Å². The second kappa shape index (κ2) is 3.25. The van der Waals surface area contributed by atoms with E-state index in [4.69, 9.17) is 0 Å². The predicted molar refractivity (Wildman–Crippen MR) is 65.4 cm³/mol. The van der Waals surface area contributed by atoms with E-state index < -0.39 is 0 Å². The molecule has 4 heteroatoms. The Morgan fingerprint density at radius 2 is 1.82 bits per heavy atom. The van der Waals surface area contributed by atoms with Crippen LogP contribution in [0.3, 0.4) is 0 Å². The average Bonchev–Trinajstić information content (AvgIpc) is 2.28. The molecular formula is C13H9NO3. The molecule has 3 N–H and O–H groups in total. The number of aromatic nitrogens is 1. The molecular weight excluding hydrogens is 218 g/mol. The lowest BCUT2D eigenvalue weighted by molar-refractivity contribution is 0.476. The van der Waals surface area contributed by atoms with E-state index in [0.29, 0.717) is 16.4 Å². The van der Waals surface area contributed by atoms with Crippen LogP contribution in [0.2, 0.25) is 0 Å². The minimum Gasteiger partial charge on any atom is -0.508 e. The molecule has 0 unspecified atom stereocenters. The quantitative estimate of drug-likeness (QED) is 0.515. The lowest BCUT2D eigenvalue weighted by atomic mass is 10.1. The molecule has 1 aromatic heterocycles. The SMILES string of the molecule is O=c1c2ccc(O)cc2[nH]c2cccc(O)c12.